The lowest BCUT2D eigenvalue weighted by atomic mass is 10.2. The quantitative estimate of drug-likeness (QED) is 0.639. The fourth-order valence-electron chi connectivity index (χ4n) is 0.833. The van der Waals surface area contributed by atoms with E-state index in [1.165, 1.54) is 11.8 Å². The summed E-state index contributed by atoms with van der Waals surface area (Å²) in [5.74, 6) is 0.235. The zero-order chi connectivity index (χ0) is 9.14. The number of aromatic hydroxyl groups is 1. The van der Waals surface area contributed by atoms with Crippen molar-refractivity contribution in [2.45, 2.75) is 4.90 Å². The van der Waals surface area contributed by atoms with Crippen molar-refractivity contribution in [2.75, 3.05) is 6.26 Å². The Morgan fingerprint density at radius 1 is 1.58 bits per heavy atom. The third-order valence-corrected chi connectivity index (χ3v) is 3.69. The minimum Gasteiger partial charge on any atom is -0.507 e. The number of hydrogen-bond acceptors (Lipinski definition) is 3. The van der Waals surface area contributed by atoms with Gasteiger partial charge in [0.2, 0.25) is 0 Å². The van der Waals surface area contributed by atoms with Gasteiger partial charge in [0.15, 0.2) is 0 Å². The summed E-state index contributed by atoms with van der Waals surface area (Å²) in [6.45, 7) is 0. The highest BCUT2D eigenvalue weighted by atomic mass is 127. The van der Waals surface area contributed by atoms with E-state index in [2.05, 4.69) is 6.07 Å². The molecule has 0 spiro atoms. The summed E-state index contributed by atoms with van der Waals surface area (Å²) in [6, 6.07) is 5.25. The highest BCUT2D eigenvalue weighted by Gasteiger charge is 2.08. The van der Waals surface area contributed by atoms with Gasteiger partial charge in [0.25, 0.3) is 0 Å². The van der Waals surface area contributed by atoms with Crippen LogP contribution < -0.4 is 0 Å². The Morgan fingerprint density at radius 3 is 2.75 bits per heavy atom. The van der Waals surface area contributed by atoms with Crippen molar-refractivity contribution in [3.8, 4) is 11.8 Å². The van der Waals surface area contributed by atoms with E-state index in [0.29, 0.717) is 5.56 Å². The molecule has 0 bridgehead atoms. The first kappa shape index (κ1) is 9.68. The van der Waals surface area contributed by atoms with E-state index in [9.17, 15) is 5.11 Å². The van der Waals surface area contributed by atoms with Crippen molar-refractivity contribution >= 4 is 34.4 Å². The molecule has 0 unspecified atom stereocenters. The van der Waals surface area contributed by atoms with Gasteiger partial charge in [0.1, 0.15) is 11.8 Å². The minimum atomic E-state index is 0.235. The van der Waals surface area contributed by atoms with Gasteiger partial charge < -0.3 is 5.11 Å². The molecule has 0 fully saturated rings. The van der Waals surface area contributed by atoms with Crippen molar-refractivity contribution in [3.05, 3.63) is 21.3 Å². The molecule has 0 saturated heterocycles. The summed E-state index contributed by atoms with van der Waals surface area (Å²) in [5, 5.41) is 18.0. The summed E-state index contributed by atoms with van der Waals surface area (Å²) in [5.41, 5.74) is 0.615. The second-order valence-corrected chi connectivity index (χ2v) is 3.99. The molecule has 0 aromatic heterocycles. The first-order valence-corrected chi connectivity index (χ1v) is 5.46. The van der Waals surface area contributed by atoms with Gasteiger partial charge >= 0.3 is 0 Å². The zero-order valence-electron chi connectivity index (χ0n) is 6.34. The standard InChI is InChI=1S/C8H6INOS/c1-12-8-5(4-10)2-3-6(11)7(8)9/h2-3,11H,1H3. The fourth-order valence-corrected chi connectivity index (χ4v) is 2.58. The molecule has 12 heavy (non-hydrogen) atoms. The molecule has 1 aromatic carbocycles. The third kappa shape index (κ3) is 1.67. The average molecular weight is 291 g/mol. The second-order valence-electron chi connectivity index (χ2n) is 2.09. The summed E-state index contributed by atoms with van der Waals surface area (Å²) < 4.78 is 0.749. The molecule has 0 atom stereocenters. The first-order chi connectivity index (χ1) is 5.70. The molecule has 1 N–H and O–H groups in total. The van der Waals surface area contributed by atoms with Crippen LogP contribution in [-0.4, -0.2) is 11.4 Å². The lowest BCUT2D eigenvalue weighted by Gasteiger charge is -2.04. The van der Waals surface area contributed by atoms with E-state index in [-0.39, 0.29) is 5.75 Å². The minimum absolute atomic E-state index is 0.235. The number of nitrogens with zero attached hydrogens (tertiary/aromatic N) is 1. The van der Waals surface area contributed by atoms with Crippen LogP contribution in [0.15, 0.2) is 17.0 Å². The second kappa shape index (κ2) is 4.01. The van der Waals surface area contributed by atoms with Gasteiger partial charge in [-0.15, -0.1) is 11.8 Å². The summed E-state index contributed by atoms with van der Waals surface area (Å²) in [7, 11) is 0. The molecular formula is C8H6INOS. The van der Waals surface area contributed by atoms with Crippen molar-refractivity contribution in [3.63, 3.8) is 0 Å². The molecule has 0 aliphatic rings. The maximum atomic E-state index is 9.32. The van der Waals surface area contributed by atoms with Crippen molar-refractivity contribution in [1.29, 1.82) is 5.26 Å². The average Bonchev–Trinajstić information content (AvgIpc) is 2.09. The molecule has 2 nitrogen and oxygen atoms in total. The molecular weight excluding hydrogens is 285 g/mol. The maximum absolute atomic E-state index is 9.32. The highest BCUT2D eigenvalue weighted by molar-refractivity contribution is 14.1. The van der Waals surface area contributed by atoms with Crippen LogP contribution in [0.3, 0.4) is 0 Å². The van der Waals surface area contributed by atoms with Crippen LogP contribution in [0.5, 0.6) is 5.75 Å². The van der Waals surface area contributed by atoms with Crippen molar-refractivity contribution in [1.82, 2.24) is 0 Å². The molecule has 0 aliphatic carbocycles. The largest absolute Gasteiger partial charge is 0.507 e. The van der Waals surface area contributed by atoms with Crippen LogP contribution in [0.25, 0.3) is 0 Å². The number of halogens is 1. The molecule has 0 radical (unpaired) electrons. The molecule has 1 aromatic rings. The van der Waals surface area contributed by atoms with Crippen molar-refractivity contribution in [2.24, 2.45) is 0 Å². The third-order valence-electron chi connectivity index (χ3n) is 1.40. The van der Waals surface area contributed by atoms with Gasteiger partial charge in [0.05, 0.1) is 9.13 Å². The first-order valence-electron chi connectivity index (χ1n) is 3.16. The predicted molar refractivity (Wildman–Crippen MR) is 57.3 cm³/mol. The SMILES string of the molecule is CSc1c(C#N)ccc(O)c1I. The Morgan fingerprint density at radius 2 is 2.25 bits per heavy atom. The lowest BCUT2D eigenvalue weighted by molar-refractivity contribution is 0.469. The Labute approximate surface area is 88.7 Å². The van der Waals surface area contributed by atoms with Crippen LogP contribution in [0.2, 0.25) is 0 Å². The summed E-state index contributed by atoms with van der Waals surface area (Å²) in [4.78, 5) is 0.845. The van der Waals surface area contributed by atoms with Gasteiger partial charge in [-0.05, 0) is 41.0 Å². The number of thioether (sulfide) groups is 1. The predicted octanol–water partition coefficient (Wildman–Crippen LogP) is 2.59. The lowest BCUT2D eigenvalue weighted by Crippen LogP contribution is -1.85. The van der Waals surface area contributed by atoms with Crippen LogP contribution >= 0.6 is 34.4 Å². The van der Waals surface area contributed by atoms with E-state index in [1.807, 2.05) is 28.8 Å². The normalized spacial score (nSPS) is 9.42. The number of nitriles is 1. The zero-order valence-corrected chi connectivity index (χ0v) is 9.31. The molecule has 62 valence electrons. The smallest absolute Gasteiger partial charge is 0.130 e. The van der Waals surface area contributed by atoms with Gasteiger partial charge in [-0.3, -0.25) is 0 Å². The van der Waals surface area contributed by atoms with Crippen molar-refractivity contribution < 1.29 is 5.11 Å². The summed E-state index contributed by atoms with van der Waals surface area (Å²) in [6.07, 6.45) is 1.89. The van der Waals surface area contributed by atoms with E-state index < -0.39 is 0 Å². The summed E-state index contributed by atoms with van der Waals surface area (Å²) >= 11 is 3.50. The number of phenolic OH excluding ortho intramolecular Hbond substituents is 1. The molecule has 0 saturated carbocycles. The van der Waals surface area contributed by atoms with E-state index >= 15 is 0 Å². The molecule has 4 heteroatoms. The van der Waals surface area contributed by atoms with Crippen LogP contribution in [-0.2, 0) is 0 Å². The number of rotatable bonds is 1. The Bertz CT molecular complexity index is 346. The highest BCUT2D eigenvalue weighted by Crippen LogP contribution is 2.32. The maximum Gasteiger partial charge on any atom is 0.130 e. The van der Waals surface area contributed by atoms with Gasteiger partial charge in [-0.25, -0.2) is 0 Å². The van der Waals surface area contributed by atoms with Crippen LogP contribution in [0.1, 0.15) is 5.56 Å². The van der Waals surface area contributed by atoms with Crippen LogP contribution in [0.4, 0.5) is 0 Å². The van der Waals surface area contributed by atoms with Gasteiger partial charge in [-0.1, -0.05) is 0 Å². The Kier molecular flexibility index (Phi) is 3.23. The molecule has 0 amide bonds. The Balaban J connectivity index is 3.38. The molecule has 1 rings (SSSR count). The number of benzene rings is 1. The fraction of sp³-hybridized carbons (Fsp3) is 0.125. The topological polar surface area (TPSA) is 44.0 Å². The van der Waals surface area contributed by atoms with Gasteiger partial charge in [0, 0.05) is 4.90 Å². The monoisotopic (exact) mass is 291 g/mol. The van der Waals surface area contributed by atoms with Gasteiger partial charge in [-0.2, -0.15) is 5.26 Å². The van der Waals surface area contributed by atoms with Crippen LogP contribution in [0, 0.1) is 14.9 Å². The van der Waals surface area contributed by atoms with E-state index in [0.717, 1.165) is 8.47 Å². The number of phenols is 1. The van der Waals surface area contributed by atoms with E-state index in [4.69, 9.17) is 5.26 Å². The number of hydrogen-bond donors (Lipinski definition) is 1. The van der Waals surface area contributed by atoms with E-state index in [1.54, 1.807) is 12.1 Å². The molecule has 0 aliphatic heterocycles. The molecule has 0 heterocycles. The Hall–Kier alpha value is -0.410.